The van der Waals surface area contributed by atoms with Crippen molar-refractivity contribution in [2.75, 3.05) is 19.6 Å². The molecular formula is C36H62N6O7. The van der Waals surface area contributed by atoms with Crippen LogP contribution in [0, 0.1) is 17.8 Å². The van der Waals surface area contributed by atoms with Crippen molar-refractivity contribution in [1.29, 1.82) is 0 Å². The minimum atomic E-state index is -1.17. The number of carbonyl (C=O) groups excluding carboxylic acids is 6. The Kier molecular flexibility index (Phi) is 15.8. The van der Waals surface area contributed by atoms with Gasteiger partial charge in [-0.3, -0.25) is 28.8 Å². The van der Waals surface area contributed by atoms with Crippen LogP contribution in [0.3, 0.4) is 0 Å². The number of rotatable bonds is 15. The zero-order chi connectivity index (χ0) is 36.2. The molecule has 1 aliphatic carbocycles. The summed E-state index contributed by atoms with van der Waals surface area (Å²) in [7, 11) is 0. The summed E-state index contributed by atoms with van der Waals surface area (Å²) in [4.78, 5) is 83.2. The molecule has 278 valence electrons. The molecule has 6 amide bonds. The number of piperidine rings is 1. The van der Waals surface area contributed by atoms with Crippen molar-refractivity contribution in [3.63, 3.8) is 0 Å². The number of aliphatic hydroxyl groups excluding tert-OH is 1. The standard InChI is InChI=1S/C36H62N6O7/c1-7-18-37-34(47)31(25(6)43)40-33(46)28-20-23(4)21-42(28)35(48)24(5)38-32(45)27-15-11-12-19-41(27)36(49)30(22(2)3)39-29(44)17-16-26-13-9-8-10-14-26/h22-28,30-31,43H,7-21H2,1-6H3,(H,37,47)(H,38,45)(H,39,44)(H,40,46)/t23?,24-,25+,27-,28-,30-,31-/m0/s1. The molecule has 3 rings (SSSR count). The van der Waals surface area contributed by atoms with Gasteiger partial charge < -0.3 is 36.2 Å². The first-order valence-electron chi connectivity index (χ1n) is 18.7. The summed E-state index contributed by atoms with van der Waals surface area (Å²) in [5, 5.41) is 21.3. The highest BCUT2D eigenvalue weighted by atomic mass is 16.3. The van der Waals surface area contributed by atoms with E-state index in [9.17, 15) is 33.9 Å². The van der Waals surface area contributed by atoms with E-state index in [0.717, 1.165) is 32.1 Å². The molecule has 2 heterocycles. The largest absolute Gasteiger partial charge is 0.391 e. The van der Waals surface area contributed by atoms with Gasteiger partial charge in [0.1, 0.15) is 30.2 Å². The monoisotopic (exact) mass is 690 g/mol. The van der Waals surface area contributed by atoms with Gasteiger partial charge >= 0.3 is 0 Å². The van der Waals surface area contributed by atoms with Gasteiger partial charge in [0.25, 0.3) is 0 Å². The van der Waals surface area contributed by atoms with Crippen LogP contribution in [0.4, 0.5) is 0 Å². The Morgan fingerprint density at radius 2 is 1.43 bits per heavy atom. The van der Waals surface area contributed by atoms with Gasteiger partial charge in [-0.2, -0.15) is 0 Å². The highest BCUT2D eigenvalue weighted by molar-refractivity contribution is 5.96. The van der Waals surface area contributed by atoms with E-state index in [-0.39, 0.29) is 23.7 Å². The molecule has 0 aromatic carbocycles. The highest BCUT2D eigenvalue weighted by Crippen LogP contribution is 2.28. The number of carbonyl (C=O) groups is 6. The second-order valence-corrected chi connectivity index (χ2v) is 15.0. The number of aliphatic hydroxyl groups is 1. The van der Waals surface area contributed by atoms with Crippen LogP contribution in [0.5, 0.6) is 0 Å². The van der Waals surface area contributed by atoms with Crippen molar-refractivity contribution < 1.29 is 33.9 Å². The van der Waals surface area contributed by atoms with Gasteiger partial charge in [0.05, 0.1) is 6.10 Å². The third-order valence-corrected chi connectivity index (χ3v) is 10.3. The quantitative estimate of drug-likeness (QED) is 0.175. The second kappa shape index (κ2) is 19.2. The van der Waals surface area contributed by atoms with Crippen molar-refractivity contribution >= 4 is 35.4 Å². The Morgan fingerprint density at radius 3 is 2.06 bits per heavy atom. The Labute approximate surface area is 292 Å². The summed E-state index contributed by atoms with van der Waals surface area (Å²) in [5.41, 5.74) is 0. The summed E-state index contributed by atoms with van der Waals surface area (Å²) in [6.45, 7) is 11.6. The second-order valence-electron chi connectivity index (χ2n) is 15.0. The molecule has 0 spiro atoms. The van der Waals surface area contributed by atoms with E-state index < -0.39 is 59.9 Å². The average Bonchev–Trinajstić information content (AvgIpc) is 3.48. The lowest BCUT2D eigenvalue weighted by Gasteiger charge is -2.38. The van der Waals surface area contributed by atoms with Crippen LogP contribution >= 0.6 is 0 Å². The van der Waals surface area contributed by atoms with Crippen LogP contribution in [0.15, 0.2) is 0 Å². The molecule has 0 bridgehead atoms. The number of hydrogen-bond acceptors (Lipinski definition) is 7. The van der Waals surface area contributed by atoms with Crippen molar-refractivity contribution in [1.82, 2.24) is 31.1 Å². The molecule has 0 radical (unpaired) electrons. The maximum atomic E-state index is 13.9. The number of nitrogens with zero attached hydrogens (tertiary/aromatic N) is 2. The zero-order valence-electron chi connectivity index (χ0n) is 30.6. The Morgan fingerprint density at radius 1 is 0.776 bits per heavy atom. The topological polar surface area (TPSA) is 177 Å². The number of nitrogens with one attached hydrogen (secondary N) is 4. The Balaban J connectivity index is 1.64. The Bertz CT molecular complexity index is 1160. The fraction of sp³-hybridized carbons (Fsp3) is 0.833. The minimum Gasteiger partial charge on any atom is -0.391 e. The summed E-state index contributed by atoms with van der Waals surface area (Å²) >= 11 is 0. The van der Waals surface area contributed by atoms with E-state index >= 15 is 0 Å². The van der Waals surface area contributed by atoms with Crippen molar-refractivity contribution in [2.24, 2.45) is 17.8 Å². The van der Waals surface area contributed by atoms with Gasteiger partial charge in [0, 0.05) is 26.1 Å². The fourth-order valence-electron chi connectivity index (χ4n) is 7.39. The first-order valence-corrected chi connectivity index (χ1v) is 18.7. The summed E-state index contributed by atoms with van der Waals surface area (Å²) in [5.74, 6) is -1.99. The molecule has 1 unspecified atom stereocenters. The van der Waals surface area contributed by atoms with Crippen LogP contribution in [0.25, 0.3) is 0 Å². The van der Waals surface area contributed by atoms with Gasteiger partial charge in [-0.05, 0) is 70.1 Å². The Hall–Kier alpha value is -3.22. The van der Waals surface area contributed by atoms with E-state index in [1.165, 1.54) is 31.1 Å². The van der Waals surface area contributed by atoms with Gasteiger partial charge in [0.2, 0.25) is 35.4 Å². The number of hydrogen-bond donors (Lipinski definition) is 5. The summed E-state index contributed by atoms with van der Waals surface area (Å²) < 4.78 is 0. The van der Waals surface area contributed by atoms with E-state index in [1.54, 1.807) is 11.8 Å². The minimum absolute atomic E-state index is 0.00109. The molecule has 5 N–H and O–H groups in total. The lowest BCUT2D eigenvalue weighted by atomic mass is 9.86. The molecule has 1 saturated carbocycles. The zero-order valence-corrected chi connectivity index (χ0v) is 30.6. The van der Waals surface area contributed by atoms with E-state index in [4.69, 9.17) is 0 Å². The fourth-order valence-corrected chi connectivity index (χ4v) is 7.39. The SMILES string of the molecule is CCCNC(=O)[C@@H](NC(=O)[C@@H]1CC(C)CN1C(=O)[C@H](C)NC(=O)[C@@H]1CCCCN1C(=O)[C@@H](NC(=O)CCC1CCCCC1)C(C)C)[C@@H](C)O. The molecule has 7 atom stereocenters. The maximum Gasteiger partial charge on any atom is 0.246 e. The highest BCUT2D eigenvalue weighted by Gasteiger charge is 2.42. The van der Waals surface area contributed by atoms with Crippen LogP contribution < -0.4 is 21.3 Å². The van der Waals surface area contributed by atoms with Gasteiger partial charge in [-0.25, -0.2) is 0 Å². The average molecular weight is 691 g/mol. The molecule has 13 nitrogen and oxygen atoms in total. The lowest BCUT2D eigenvalue weighted by Crippen LogP contribution is -2.61. The van der Waals surface area contributed by atoms with Crippen molar-refractivity contribution in [3.8, 4) is 0 Å². The van der Waals surface area contributed by atoms with Crippen LogP contribution in [0.1, 0.15) is 119 Å². The molecule has 3 aliphatic rings. The third-order valence-electron chi connectivity index (χ3n) is 10.3. The number of likely N-dealkylation sites (tertiary alicyclic amines) is 2. The summed E-state index contributed by atoms with van der Waals surface area (Å²) in [6, 6.07) is -4.57. The molecule has 0 aromatic heterocycles. The van der Waals surface area contributed by atoms with Crippen LogP contribution in [0.2, 0.25) is 0 Å². The molecule has 3 fully saturated rings. The summed E-state index contributed by atoms with van der Waals surface area (Å²) in [6.07, 6.45) is 9.00. The first-order chi connectivity index (χ1) is 23.2. The molecule has 13 heteroatoms. The van der Waals surface area contributed by atoms with E-state index in [0.29, 0.717) is 51.2 Å². The molecule has 49 heavy (non-hydrogen) atoms. The predicted octanol–water partition coefficient (Wildman–Crippen LogP) is 2.00. The van der Waals surface area contributed by atoms with Gasteiger partial charge in [-0.15, -0.1) is 0 Å². The van der Waals surface area contributed by atoms with Crippen molar-refractivity contribution in [2.45, 2.75) is 155 Å². The third kappa shape index (κ3) is 11.4. The molecule has 0 aromatic rings. The maximum absolute atomic E-state index is 13.9. The number of amides is 6. The van der Waals surface area contributed by atoms with Gasteiger partial charge in [0.15, 0.2) is 0 Å². The van der Waals surface area contributed by atoms with Crippen LogP contribution in [-0.2, 0) is 28.8 Å². The van der Waals surface area contributed by atoms with Crippen molar-refractivity contribution in [3.05, 3.63) is 0 Å². The smallest absolute Gasteiger partial charge is 0.246 e. The first kappa shape index (κ1) is 40.2. The predicted molar refractivity (Wildman–Crippen MR) is 186 cm³/mol. The van der Waals surface area contributed by atoms with E-state index in [1.807, 2.05) is 27.7 Å². The van der Waals surface area contributed by atoms with Crippen LogP contribution in [-0.4, -0.2) is 106 Å². The van der Waals surface area contributed by atoms with Gasteiger partial charge in [-0.1, -0.05) is 59.8 Å². The van der Waals surface area contributed by atoms with E-state index in [2.05, 4.69) is 21.3 Å². The lowest BCUT2D eigenvalue weighted by molar-refractivity contribution is -0.147. The normalized spacial score (nSPS) is 24.0. The molecule has 2 aliphatic heterocycles. The molecular weight excluding hydrogens is 628 g/mol. The molecule has 2 saturated heterocycles.